The van der Waals surface area contributed by atoms with Gasteiger partial charge in [0.25, 0.3) is 17.7 Å². The molecule has 2 aliphatic heterocycles. The molecule has 10 heteroatoms. The summed E-state index contributed by atoms with van der Waals surface area (Å²) in [5, 5.41) is 15.4. The normalized spacial score (nSPS) is 16.5. The molecule has 186 valence electrons. The minimum absolute atomic E-state index is 0.163. The van der Waals surface area contributed by atoms with Gasteiger partial charge in [-0.15, -0.1) is 0 Å². The molecule has 1 fully saturated rings. The summed E-state index contributed by atoms with van der Waals surface area (Å²) in [6.07, 6.45) is 0.549. The number of nitrogens with zero attached hydrogens (tertiary/aromatic N) is 5. The monoisotopic (exact) mass is 507 g/mol. The second kappa shape index (κ2) is 9.40. The van der Waals surface area contributed by atoms with Gasteiger partial charge in [0.2, 0.25) is 0 Å². The summed E-state index contributed by atoms with van der Waals surface area (Å²) in [5.74, 6) is -1.02. The van der Waals surface area contributed by atoms with Crippen molar-refractivity contribution >= 4 is 35.0 Å². The zero-order valence-electron chi connectivity index (χ0n) is 20.0. The first-order chi connectivity index (χ1) is 17.2. The summed E-state index contributed by atoms with van der Waals surface area (Å²) in [7, 11) is 1.80. The zero-order valence-corrected chi connectivity index (χ0v) is 20.8. The first-order valence-electron chi connectivity index (χ1n) is 11.7. The molecule has 1 atom stereocenters. The Balaban J connectivity index is 1.30. The van der Waals surface area contributed by atoms with E-state index in [1.165, 1.54) is 4.90 Å². The van der Waals surface area contributed by atoms with Crippen molar-refractivity contribution in [2.24, 2.45) is 7.05 Å². The Morgan fingerprint density at radius 2 is 1.75 bits per heavy atom. The third-order valence-corrected chi connectivity index (χ3v) is 7.02. The van der Waals surface area contributed by atoms with E-state index in [4.69, 9.17) is 11.6 Å². The fourth-order valence-electron chi connectivity index (χ4n) is 4.83. The van der Waals surface area contributed by atoms with Crippen molar-refractivity contribution in [1.29, 1.82) is 0 Å². The number of aromatic nitrogens is 2. The Hall–Kier alpha value is -3.69. The Morgan fingerprint density at radius 1 is 1.06 bits per heavy atom. The van der Waals surface area contributed by atoms with Crippen molar-refractivity contribution in [2.45, 2.75) is 19.6 Å². The highest BCUT2D eigenvalue weighted by Crippen LogP contribution is 2.33. The third-order valence-electron chi connectivity index (χ3n) is 6.77. The van der Waals surface area contributed by atoms with Gasteiger partial charge in [-0.05, 0) is 36.8 Å². The zero-order chi connectivity index (χ0) is 25.6. The molecular formula is C26H26ClN5O4. The Morgan fingerprint density at radius 3 is 2.39 bits per heavy atom. The maximum atomic E-state index is 13.4. The number of aliphatic hydroxyl groups is 1. The van der Waals surface area contributed by atoms with Crippen LogP contribution in [0.4, 0.5) is 5.69 Å². The lowest BCUT2D eigenvalue weighted by atomic mass is 10.1. The highest BCUT2D eigenvalue weighted by molar-refractivity contribution is 6.30. The van der Waals surface area contributed by atoms with Crippen LogP contribution in [-0.4, -0.2) is 68.6 Å². The minimum Gasteiger partial charge on any atom is -0.378 e. The fourth-order valence-corrected chi connectivity index (χ4v) is 4.95. The van der Waals surface area contributed by atoms with E-state index < -0.39 is 6.10 Å². The molecule has 0 bridgehead atoms. The van der Waals surface area contributed by atoms with Gasteiger partial charge in [-0.1, -0.05) is 29.8 Å². The predicted molar refractivity (Wildman–Crippen MR) is 134 cm³/mol. The van der Waals surface area contributed by atoms with E-state index in [1.54, 1.807) is 53.0 Å². The van der Waals surface area contributed by atoms with Gasteiger partial charge >= 0.3 is 0 Å². The fraction of sp³-hybridized carbons (Fsp3) is 0.308. The van der Waals surface area contributed by atoms with Crippen LogP contribution in [0.3, 0.4) is 0 Å². The Labute approximate surface area is 213 Å². The minimum atomic E-state index is -1.27. The third kappa shape index (κ3) is 4.25. The van der Waals surface area contributed by atoms with E-state index in [2.05, 4.69) is 5.10 Å². The molecule has 5 rings (SSSR count). The number of anilines is 1. The van der Waals surface area contributed by atoms with E-state index >= 15 is 0 Å². The summed E-state index contributed by atoms with van der Waals surface area (Å²) in [4.78, 5) is 44.2. The van der Waals surface area contributed by atoms with Gasteiger partial charge in [-0.3, -0.25) is 24.0 Å². The van der Waals surface area contributed by atoms with E-state index in [9.17, 15) is 19.5 Å². The maximum Gasteiger partial charge on any atom is 0.263 e. The Kier molecular flexibility index (Phi) is 6.27. The van der Waals surface area contributed by atoms with Gasteiger partial charge < -0.3 is 14.9 Å². The van der Waals surface area contributed by atoms with Gasteiger partial charge in [-0.25, -0.2) is 0 Å². The lowest BCUT2D eigenvalue weighted by Crippen LogP contribution is -2.50. The highest BCUT2D eigenvalue weighted by Gasteiger charge is 2.39. The van der Waals surface area contributed by atoms with E-state index in [1.807, 2.05) is 24.1 Å². The van der Waals surface area contributed by atoms with Crippen LogP contribution in [0.15, 0.2) is 48.7 Å². The molecular weight excluding hydrogens is 482 g/mol. The summed E-state index contributed by atoms with van der Waals surface area (Å²) in [5.41, 5.74) is 3.54. The van der Waals surface area contributed by atoms with Gasteiger partial charge in [-0.2, -0.15) is 5.10 Å². The number of carbonyl (C=O) groups excluding carboxylic acids is 3. The maximum absolute atomic E-state index is 13.4. The molecule has 0 spiro atoms. The number of piperazine rings is 1. The van der Waals surface area contributed by atoms with Crippen LogP contribution in [0.5, 0.6) is 0 Å². The molecule has 36 heavy (non-hydrogen) atoms. The topological polar surface area (TPSA) is 99.0 Å². The number of hydrogen-bond donors (Lipinski definition) is 1. The standard InChI is InChI=1S/C26H26ClN5O4/c1-16-18(14-29(2)28-16)15-32-24(34)20-4-3-5-21(22(20)25(32)35)30-10-12-31(13-11-30)26(36)23(33)17-6-8-19(27)9-7-17/h3-9,14,23,33H,10-13,15H2,1-2H3. The van der Waals surface area contributed by atoms with E-state index in [0.29, 0.717) is 53.6 Å². The number of aryl methyl sites for hydroxylation is 2. The number of hydrogen-bond acceptors (Lipinski definition) is 6. The Bertz CT molecular complexity index is 1340. The quantitative estimate of drug-likeness (QED) is 0.533. The number of aliphatic hydroxyl groups excluding tert-OH is 1. The summed E-state index contributed by atoms with van der Waals surface area (Å²) >= 11 is 5.90. The molecule has 3 amide bonds. The van der Waals surface area contributed by atoms with Crippen LogP contribution in [-0.2, 0) is 18.4 Å². The molecule has 1 saturated heterocycles. The summed E-state index contributed by atoms with van der Waals surface area (Å²) < 4.78 is 1.67. The number of imide groups is 1. The van der Waals surface area contributed by atoms with E-state index in [-0.39, 0.29) is 24.3 Å². The van der Waals surface area contributed by atoms with Crippen molar-refractivity contribution in [1.82, 2.24) is 19.6 Å². The lowest BCUT2D eigenvalue weighted by Gasteiger charge is -2.37. The number of amides is 3. The van der Waals surface area contributed by atoms with Crippen LogP contribution in [0.2, 0.25) is 5.02 Å². The van der Waals surface area contributed by atoms with Crippen molar-refractivity contribution in [3.05, 3.63) is 81.6 Å². The van der Waals surface area contributed by atoms with Gasteiger partial charge in [0.1, 0.15) is 0 Å². The predicted octanol–water partition coefficient (Wildman–Crippen LogP) is 2.56. The van der Waals surface area contributed by atoms with Gasteiger partial charge in [0, 0.05) is 50.0 Å². The molecule has 3 heterocycles. The number of rotatable bonds is 5. The van der Waals surface area contributed by atoms with Crippen molar-refractivity contribution < 1.29 is 19.5 Å². The van der Waals surface area contributed by atoms with E-state index in [0.717, 1.165) is 11.3 Å². The van der Waals surface area contributed by atoms with Crippen molar-refractivity contribution in [3.8, 4) is 0 Å². The van der Waals surface area contributed by atoms with Gasteiger partial charge in [0.05, 0.1) is 29.1 Å². The second-order valence-electron chi connectivity index (χ2n) is 9.08. The first-order valence-corrected chi connectivity index (χ1v) is 12.1. The molecule has 0 saturated carbocycles. The number of fused-ring (bicyclic) bond motifs is 1. The largest absolute Gasteiger partial charge is 0.378 e. The van der Waals surface area contributed by atoms with Crippen LogP contribution >= 0.6 is 11.6 Å². The molecule has 1 unspecified atom stereocenters. The molecule has 9 nitrogen and oxygen atoms in total. The molecule has 3 aromatic rings. The summed E-state index contributed by atoms with van der Waals surface area (Å²) in [6, 6.07) is 11.8. The highest BCUT2D eigenvalue weighted by atomic mass is 35.5. The average molecular weight is 508 g/mol. The lowest BCUT2D eigenvalue weighted by molar-refractivity contribution is -0.140. The molecule has 2 aromatic carbocycles. The van der Waals surface area contributed by atoms with Crippen LogP contribution in [0.25, 0.3) is 0 Å². The average Bonchev–Trinajstić information content (AvgIpc) is 3.33. The van der Waals surface area contributed by atoms with Crippen LogP contribution < -0.4 is 4.90 Å². The SMILES string of the molecule is Cc1nn(C)cc1CN1C(=O)c2cccc(N3CCN(C(=O)C(O)c4ccc(Cl)cc4)CC3)c2C1=O. The van der Waals surface area contributed by atoms with Gasteiger partial charge in [0.15, 0.2) is 6.10 Å². The molecule has 0 radical (unpaired) electrons. The second-order valence-corrected chi connectivity index (χ2v) is 9.51. The number of halogens is 1. The smallest absolute Gasteiger partial charge is 0.263 e. The number of carbonyl (C=O) groups is 3. The van der Waals surface area contributed by atoms with Crippen LogP contribution in [0, 0.1) is 6.92 Å². The first kappa shape index (κ1) is 24.0. The number of benzene rings is 2. The molecule has 2 aliphatic rings. The summed E-state index contributed by atoms with van der Waals surface area (Å²) in [6.45, 7) is 3.72. The van der Waals surface area contributed by atoms with Crippen molar-refractivity contribution in [2.75, 3.05) is 31.1 Å². The van der Waals surface area contributed by atoms with Crippen LogP contribution in [0.1, 0.15) is 43.6 Å². The van der Waals surface area contributed by atoms with Crippen molar-refractivity contribution in [3.63, 3.8) is 0 Å². The molecule has 1 aromatic heterocycles. The molecule has 1 N–H and O–H groups in total. The molecule has 0 aliphatic carbocycles.